The molecule has 39 heavy (non-hydrogen) atoms. The zero-order chi connectivity index (χ0) is 26.8. The Morgan fingerprint density at radius 2 is 1.49 bits per heavy atom. The Morgan fingerprint density at radius 3 is 2.28 bits per heavy atom. The molecule has 1 aromatic heterocycles. The first-order valence-electron chi connectivity index (χ1n) is 13.4. The van der Waals surface area contributed by atoms with E-state index in [0.717, 1.165) is 41.6 Å². The van der Waals surface area contributed by atoms with Gasteiger partial charge in [-0.3, -0.25) is 0 Å². The van der Waals surface area contributed by atoms with E-state index in [1.165, 1.54) is 33.4 Å². The van der Waals surface area contributed by atoms with Gasteiger partial charge >= 0.3 is 0 Å². The van der Waals surface area contributed by atoms with Crippen molar-refractivity contribution in [2.24, 2.45) is 0 Å². The van der Waals surface area contributed by atoms with Crippen molar-refractivity contribution in [1.29, 1.82) is 0 Å². The number of imidazole rings is 1. The second-order valence-corrected chi connectivity index (χ2v) is 10.1. The molecule has 0 spiro atoms. The van der Waals surface area contributed by atoms with Gasteiger partial charge in [-0.25, -0.2) is 9.97 Å². The maximum absolute atomic E-state index is 5.97. The molecule has 3 heterocycles. The molecule has 6 rings (SSSR count). The van der Waals surface area contributed by atoms with E-state index in [-0.39, 0.29) is 0 Å². The van der Waals surface area contributed by atoms with Crippen molar-refractivity contribution in [2.45, 2.75) is 33.9 Å². The number of aromatic nitrogens is 4. The maximum Gasteiger partial charge on any atom is 0.160 e. The third-order valence-electron chi connectivity index (χ3n) is 7.39. The predicted molar refractivity (Wildman–Crippen MR) is 157 cm³/mol. The molecule has 0 atom stereocenters. The highest BCUT2D eigenvalue weighted by Crippen LogP contribution is 2.29. The lowest BCUT2D eigenvalue weighted by Gasteiger charge is -2.12. The number of nitrogens with zero attached hydrogens (tertiary/aromatic N) is 4. The molecule has 2 aliphatic rings. The van der Waals surface area contributed by atoms with Gasteiger partial charge in [-0.15, -0.1) is 0 Å². The van der Waals surface area contributed by atoms with Crippen molar-refractivity contribution in [2.75, 3.05) is 6.61 Å². The lowest BCUT2D eigenvalue weighted by molar-refractivity contribution is 0.298. The van der Waals surface area contributed by atoms with Crippen LogP contribution in [0, 0.1) is 20.8 Å². The summed E-state index contributed by atoms with van der Waals surface area (Å²) in [7, 11) is 0. The van der Waals surface area contributed by atoms with Crippen LogP contribution in [0.4, 0.5) is 0 Å². The predicted octanol–water partition coefficient (Wildman–Crippen LogP) is 7.57. The summed E-state index contributed by atoms with van der Waals surface area (Å²) < 4.78 is 10.3. The van der Waals surface area contributed by atoms with Crippen LogP contribution in [0.25, 0.3) is 33.9 Å². The molecule has 0 radical (unpaired) electrons. The molecule has 5 heteroatoms. The van der Waals surface area contributed by atoms with Gasteiger partial charge in [0.25, 0.3) is 0 Å². The SMILES string of the molecule is Cc1cc(OCCn2cccc2)ccc1-c1ccc(Cn2ccc3nc(-c4cccc(C)c4C)nc-3c2)cc1. The Morgan fingerprint density at radius 1 is 0.692 bits per heavy atom. The summed E-state index contributed by atoms with van der Waals surface area (Å²) in [5, 5.41) is 0. The monoisotopic (exact) mass is 512 g/mol. The van der Waals surface area contributed by atoms with Crippen LogP contribution in [-0.4, -0.2) is 25.7 Å². The zero-order valence-electron chi connectivity index (χ0n) is 22.6. The maximum atomic E-state index is 5.97. The Kier molecular flexibility index (Phi) is 6.72. The third-order valence-corrected chi connectivity index (χ3v) is 7.39. The lowest BCUT2D eigenvalue weighted by atomic mass is 9.99. The second kappa shape index (κ2) is 10.6. The minimum Gasteiger partial charge on any atom is -0.492 e. The van der Waals surface area contributed by atoms with Crippen LogP contribution in [0.5, 0.6) is 5.75 Å². The Balaban J connectivity index is 1.14. The molecule has 0 amide bonds. The molecule has 0 N–H and O–H groups in total. The van der Waals surface area contributed by atoms with Crippen LogP contribution in [0.1, 0.15) is 22.3 Å². The van der Waals surface area contributed by atoms with Crippen LogP contribution in [0.15, 0.2) is 104 Å². The Hall–Kier alpha value is -4.64. The molecular formula is C34H32N4O. The summed E-state index contributed by atoms with van der Waals surface area (Å²) in [6, 6.07) is 27.5. The normalized spacial score (nSPS) is 11.3. The minimum atomic E-state index is 0.648. The van der Waals surface area contributed by atoms with Gasteiger partial charge in [0.05, 0.1) is 12.2 Å². The molecule has 0 saturated carbocycles. The van der Waals surface area contributed by atoms with Crippen molar-refractivity contribution in [3.63, 3.8) is 0 Å². The first-order valence-corrected chi connectivity index (χ1v) is 13.4. The molecule has 2 aliphatic heterocycles. The van der Waals surface area contributed by atoms with E-state index in [0.29, 0.717) is 6.61 Å². The van der Waals surface area contributed by atoms with Crippen molar-refractivity contribution in [3.8, 4) is 39.7 Å². The van der Waals surface area contributed by atoms with Gasteiger partial charge in [0, 0.05) is 36.9 Å². The van der Waals surface area contributed by atoms with E-state index in [4.69, 9.17) is 14.7 Å². The molecule has 0 saturated heterocycles. The number of pyridine rings is 1. The summed E-state index contributed by atoms with van der Waals surface area (Å²) in [4.78, 5) is 9.63. The van der Waals surface area contributed by atoms with Gasteiger partial charge in [0.1, 0.15) is 18.1 Å². The molecule has 4 aromatic rings. The van der Waals surface area contributed by atoms with Crippen molar-refractivity contribution < 1.29 is 4.74 Å². The number of ether oxygens (including phenoxy) is 1. The Bertz CT molecular complexity index is 1680. The smallest absolute Gasteiger partial charge is 0.160 e. The minimum absolute atomic E-state index is 0.648. The van der Waals surface area contributed by atoms with Gasteiger partial charge in [-0.2, -0.15) is 0 Å². The summed E-state index contributed by atoms with van der Waals surface area (Å²) in [5.41, 5.74) is 10.3. The van der Waals surface area contributed by atoms with E-state index in [2.05, 4.69) is 121 Å². The van der Waals surface area contributed by atoms with Crippen molar-refractivity contribution in [1.82, 2.24) is 19.1 Å². The van der Waals surface area contributed by atoms with Crippen LogP contribution < -0.4 is 4.74 Å². The van der Waals surface area contributed by atoms with E-state index < -0.39 is 0 Å². The fourth-order valence-electron chi connectivity index (χ4n) is 5.00. The average Bonchev–Trinajstić information content (AvgIpc) is 3.61. The highest BCUT2D eigenvalue weighted by Gasteiger charge is 2.15. The fraction of sp³-hybridized carbons (Fsp3) is 0.176. The fourth-order valence-corrected chi connectivity index (χ4v) is 5.00. The highest BCUT2D eigenvalue weighted by molar-refractivity contribution is 5.69. The van der Waals surface area contributed by atoms with E-state index >= 15 is 0 Å². The number of fused-ring (bicyclic) bond motifs is 1. The highest BCUT2D eigenvalue weighted by atomic mass is 16.5. The van der Waals surface area contributed by atoms with E-state index in [9.17, 15) is 0 Å². The molecule has 0 unspecified atom stereocenters. The van der Waals surface area contributed by atoms with Gasteiger partial charge in [-0.05, 0) is 84.5 Å². The molecule has 3 aromatic carbocycles. The van der Waals surface area contributed by atoms with Gasteiger partial charge in [0.15, 0.2) is 5.82 Å². The first-order chi connectivity index (χ1) is 19.0. The second-order valence-electron chi connectivity index (χ2n) is 10.1. The van der Waals surface area contributed by atoms with Crippen molar-refractivity contribution >= 4 is 0 Å². The average molecular weight is 513 g/mol. The number of benzene rings is 3. The van der Waals surface area contributed by atoms with Crippen LogP contribution in [0.2, 0.25) is 0 Å². The zero-order valence-corrected chi connectivity index (χ0v) is 22.6. The van der Waals surface area contributed by atoms with Crippen LogP contribution in [0.3, 0.4) is 0 Å². The van der Waals surface area contributed by atoms with E-state index in [1.807, 2.05) is 12.1 Å². The largest absolute Gasteiger partial charge is 0.492 e. The van der Waals surface area contributed by atoms with Gasteiger partial charge < -0.3 is 13.9 Å². The molecule has 0 aliphatic carbocycles. The molecule has 5 nitrogen and oxygen atoms in total. The summed E-state index contributed by atoms with van der Waals surface area (Å²) >= 11 is 0. The molecular weight excluding hydrogens is 480 g/mol. The van der Waals surface area contributed by atoms with Crippen LogP contribution >= 0.6 is 0 Å². The van der Waals surface area contributed by atoms with Gasteiger partial charge in [0.2, 0.25) is 0 Å². The topological polar surface area (TPSA) is 44.9 Å². The molecule has 194 valence electrons. The van der Waals surface area contributed by atoms with E-state index in [1.54, 1.807) is 0 Å². The molecule has 0 bridgehead atoms. The summed E-state index contributed by atoms with van der Waals surface area (Å²) in [6.07, 6.45) is 8.27. The number of rotatable bonds is 8. The third kappa shape index (κ3) is 5.34. The number of hydrogen-bond donors (Lipinski definition) is 0. The summed E-state index contributed by atoms with van der Waals surface area (Å²) in [6.45, 7) is 8.65. The summed E-state index contributed by atoms with van der Waals surface area (Å²) in [5.74, 6) is 1.70. The van der Waals surface area contributed by atoms with Crippen molar-refractivity contribution in [3.05, 3.63) is 126 Å². The number of aryl methyl sites for hydroxylation is 2. The Labute approximate surface area is 229 Å². The molecule has 0 fully saturated rings. The van der Waals surface area contributed by atoms with Gasteiger partial charge in [-0.1, -0.05) is 48.5 Å². The quantitative estimate of drug-likeness (QED) is 0.211. The number of hydrogen-bond acceptors (Lipinski definition) is 3. The standard InChI is InChI=1S/C34H32N4O/c1-24-7-6-8-31(26(24)3)34-35-32-15-18-38(23-33(32)36-34)22-27-9-11-28(12-10-27)30-14-13-29(21-25(30)2)39-20-19-37-16-4-5-17-37/h4-18,21,23H,19-20,22H2,1-3H3. The van der Waals surface area contributed by atoms with Crippen LogP contribution in [-0.2, 0) is 13.1 Å². The first kappa shape index (κ1) is 24.7. The lowest BCUT2D eigenvalue weighted by Crippen LogP contribution is -2.06.